The van der Waals surface area contributed by atoms with E-state index in [4.69, 9.17) is 0 Å². The van der Waals surface area contributed by atoms with Gasteiger partial charge in [0.15, 0.2) is 0 Å². The van der Waals surface area contributed by atoms with Gasteiger partial charge in [-0.3, -0.25) is 0 Å². The number of aliphatic hydroxyl groups is 1. The van der Waals surface area contributed by atoms with Crippen molar-refractivity contribution in [3.05, 3.63) is 35.9 Å². The summed E-state index contributed by atoms with van der Waals surface area (Å²) in [6, 6.07) is 10.5. The minimum Gasteiger partial charge on any atom is -0.396 e. The van der Waals surface area contributed by atoms with E-state index in [0.29, 0.717) is 0 Å². The highest BCUT2D eigenvalue weighted by Crippen LogP contribution is 2.40. The minimum absolute atomic E-state index is 0.0777. The fraction of sp³-hybridized carbons (Fsp3) is 0.538. The van der Waals surface area contributed by atoms with Crippen LogP contribution in [-0.2, 0) is 6.42 Å². The highest BCUT2D eigenvalue weighted by Gasteiger charge is 2.38. The van der Waals surface area contributed by atoms with E-state index in [2.05, 4.69) is 50.8 Å². The molecule has 1 rings (SSSR count). The number of aliphatic hydroxyl groups excluding tert-OH is 1. The van der Waals surface area contributed by atoms with Crippen molar-refractivity contribution in [1.29, 1.82) is 0 Å². The van der Waals surface area contributed by atoms with Gasteiger partial charge in [0.25, 0.3) is 0 Å². The first-order chi connectivity index (χ1) is 6.89. The highest BCUT2D eigenvalue weighted by atomic mass is 28.3. The molecule has 0 saturated carbocycles. The van der Waals surface area contributed by atoms with Gasteiger partial charge in [-0.15, -0.1) is 0 Å². The van der Waals surface area contributed by atoms with Gasteiger partial charge >= 0.3 is 0 Å². The van der Waals surface area contributed by atoms with Gasteiger partial charge in [-0.2, -0.15) is 0 Å². The van der Waals surface area contributed by atoms with Crippen molar-refractivity contribution in [2.45, 2.75) is 38.0 Å². The summed E-state index contributed by atoms with van der Waals surface area (Å²) in [4.78, 5) is 0. The maximum absolute atomic E-state index is 9.62. The van der Waals surface area contributed by atoms with Gasteiger partial charge in [-0.05, 0) is 17.0 Å². The molecule has 0 bridgehead atoms. The molecular formula is C13H22OSi. The summed E-state index contributed by atoms with van der Waals surface area (Å²) in [6.45, 7) is 9.48. The van der Waals surface area contributed by atoms with Crippen LogP contribution in [0, 0.1) is 0 Å². The monoisotopic (exact) mass is 222 g/mol. The van der Waals surface area contributed by atoms with E-state index in [1.807, 2.05) is 6.07 Å². The molecule has 1 aromatic carbocycles. The molecule has 0 amide bonds. The molecule has 0 spiro atoms. The third kappa shape index (κ3) is 2.92. The molecule has 0 aliphatic rings. The topological polar surface area (TPSA) is 20.2 Å². The normalized spacial score (nSPS) is 16.1. The molecule has 2 heteroatoms. The number of hydrogen-bond donors (Lipinski definition) is 1. The van der Waals surface area contributed by atoms with E-state index in [1.165, 1.54) is 5.56 Å². The van der Waals surface area contributed by atoms with Crippen molar-refractivity contribution >= 4 is 8.07 Å². The van der Waals surface area contributed by atoms with Gasteiger partial charge in [-0.25, -0.2) is 0 Å². The lowest BCUT2D eigenvalue weighted by molar-refractivity contribution is 0.240. The smallest absolute Gasteiger partial charge is 0.0535 e. The fourth-order valence-corrected chi connectivity index (χ4v) is 2.81. The van der Waals surface area contributed by atoms with E-state index in [0.717, 1.165) is 6.42 Å². The zero-order valence-corrected chi connectivity index (χ0v) is 11.2. The molecule has 15 heavy (non-hydrogen) atoms. The molecule has 1 aromatic rings. The summed E-state index contributed by atoms with van der Waals surface area (Å²) < 4.78 is 0. The molecule has 0 radical (unpaired) electrons. The maximum atomic E-state index is 9.62. The molecule has 0 saturated heterocycles. The van der Waals surface area contributed by atoms with E-state index >= 15 is 0 Å². The van der Waals surface area contributed by atoms with Crippen LogP contribution in [0.25, 0.3) is 0 Å². The van der Waals surface area contributed by atoms with Gasteiger partial charge in [0.05, 0.1) is 8.07 Å². The Labute approximate surface area is 94.2 Å². The Kier molecular flexibility index (Phi) is 3.74. The highest BCUT2D eigenvalue weighted by molar-refractivity contribution is 6.79. The van der Waals surface area contributed by atoms with Crippen LogP contribution in [0.15, 0.2) is 30.3 Å². The zero-order valence-electron chi connectivity index (χ0n) is 10.2. The molecule has 0 aromatic heterocycles. The fourth-order valence-electron chi connectivity index (χ4n) is 1.60. The van der Waals surface area contributed by atoms with Gasteiger partial charge in [0, 0.05) is 6.61 Å². The molecular weight excluding hydrogens is 200 g/mol. The van der Waals surface area contributed by atoms with Gasteiger partial charge < -0.3 is 5.11 Å². The zero-order chi connectivity index (χ0) is 11.5. The maximum Gasteiger partial charge on any atom is 0.0535 e. The second-order valence-corrected chi connectivity index (χ2v) is 11.3. The first kappa shape index (κ1) is 12.5. The second-order valence-electron chi connectivity index (χ2n) is 5.63. The predicted molar refractivity (Wildman–Crippen MR) is 68.9 cm³/mol. The average Bonchev–Trinajstić information content (AvgIpc) is 2.17. The second kappa shape index (κ2) is 4.50. The third-order valence-corrected chi connectivity index (χ3v) is 7.55. The number of rotatable bonds is 4. The largest absolute Gasteiger partial charge is 0.396 e. The molecule has 1 N–H and O–H groups in total. The summed E-state index contributed by atoms with van der Waals surface area (Å²) in [6.07, 6.45) is 0.986. The first-order valence-corrected chi connectivity index (χ1v) is 9.04. The molecule has 1 atom stereocenters. The lowest BCUT2D eigenvalue weighted by atomic mass is 10.0. The molecule has 1 nitrogen and oxygen atoms in total. The van der Waals surface area contributed by atoms with E-state index in [-0.39, 0.29) is 11.6 Å². The van der Waals surface area contributed by atoms with Crippen LogP contribution >= 0.6 is 0 Å². The van der Waals surface area contributed by atoms with Crippen molar-refractivity contribution in [3.8, 4) is 0 Å². The van der Waals surface area contributed by atoms with Gasteiger partial charge in [0.1, 0.15) is 0 Å². The van der Waals surface area contributed by atoms with Crippen molar-refractivity contribution in [2.75, 3.05) is 6.61 Å². The molecule has 0 fully saturated rings. The quantitative estimate of drug-likeness (QED) is 0.775. The molecule has 0 unspecified atom stereocenters. The van der Waals surface area contributed by atoms with Crippen LogP contribution in [0.2, 0.25) is 24.7 Å². The van der Waals surface area contributed by atoms with Crippen LogP contribution in [0.4, 0.5) is 0 Å². The SMILES string of the molecule is C[C@](CO)(Cc1ccccc1)[Si](C)(C)C. The van der Waals surface area contributed by atoms with Crippen LogP contribution in [-0.4, -0.2) is 19.8 Å². The van der Waals surface area contributed by atoms with Crippen LogP contribution in [0.3, 0.4) is 0 Å². The number of benzene rings is 1. The Hall–Kier alpha value is -0.603. The van der Waals surface area contributed by atoms with Gasteiger partial charge in [0.2, 0.25) is 0 Å². The third-order valence-electron chi connectivity index (χ3n) is 3.60. The standard InChI is InChI=1S/C13H22OSi/c1-13(11-14,15(2,3)4)10-12-8-6-5-7-9-12/h5-9,14H,10-11H2,1-4H3/t13-/m1/s1. The van der Waals surface area contributed by atoms with E-state index in [9.17, 15) is 5.11 Å². The Bertz CT molecular complexity index is 302. The molecule has 0 heterocycles. The lowest BCUT2D eigenvalue weighted by Crippen LogP contribution is -2.41. The Balaban J connectivity index is 2.87. The van der Waals surface area contributed by atoms with Crippen LogP contribution in [0.5, 0.6) is 0 Å². The molecule has 0 aliphatic carbocycles. The summed E-state index contributed by atoms with van der Waals surface area (Å²) in [5, 5.41) is 9.69. The van der Waals surface area contributed by atoms with Crippen LogP contribution in [0.1, 0.15) is 12.5 Å². The summed E-state index contributed by atoms with van der Waals surface area (Å²) in [7, 11) is -1.34. The van der Waals surface area contributed by atoms with E-state index < -0.39 is 8.07 Å². The van der Waals surface area contributed by atoms with Crippen molar-refractivity contribution in [3.63, 3.8) is 0 Å². The van der Waals surface area contributed by atoms with E-state index in [1.54, 1.807) is 0 Å². The first-order valence-electron chi connectivity index (χ1n) is 5.54. The molecule has 84 valence electrons. The predicted octanol–water partition coefficient (Wildman–Crippen LogP) is 3.32. The summed E-state index contributed by atoms with van der Waals surface area (Å²) in [5.74, 6) is 0. The Morgan fingerprint density at radius 2 is 1.67 bits per heavy atom. The molecule has 0 aliphatic heterocycles. The number of hydrogen-bond acceptors (Lipinski definition) is 1. The van der Waals surface area contributed by atoms with Crippen molar-refractivity contribution < 1.29 is 5.11 Å². The average molecular weight is 222 g/mol. The van der Waals surface area contributed by atoms with Crippen molar-refractivity contribution in [1.82, 2.24) is 0 Å². The summed E-state index contributed by atoms with van der Waals surface area (Å²) in [5.41, 5.74) is 1.33. The lowest BCUT2D eigenvalue weighted by Gasteiger charge is -2.39. The Morgan fingerprint density at radius 3 is 2.07 bits per heavy atom. The Morgan fingerprint density at radius 1 is 1.13 bits per heavy atom. The summed E-state index contributed by atoms with van der Waals surface area (Å²) >= 11 is 0. The van der Waals surface area contributed by atoms with Gasteiger partial charge in [-0.1, -0.05) is 56.9 Å². The van der Waals surface area contributed by atoms with Crippen molar-refractivity contribution in [2.24, 2.45) is 0 Å². The van der Waals surface area contributed by atoms with Crippen LogP contribution < -0.4 is 0 Å². The minimum atomic E-state index is -1.34.